The molecule has 0 saturated carbocycles. The predicted molar refractivity (Wildman–Crippen MR) is 101 cm³/mol. The summed E-state index contributed by atoms with van der Waals surface area (Å²) in [6.07, 6.45) is 0. The van der Waals surface area contributed by atoms with Gasteiger partial charge in [0.1, 0.15) is 16.5 Å². The van der Waals surface area contributed by atoms with Crippen molar-refractivity contribution in [2.45, 2.75) is 4.90 Å². The number of H-pyrrole nitrogens is 1. The number of hydrogen-bond donors (Lipinski definition) is 3. The van der Waals surface area contributed by atoms with Gasteiger partial charge in [0.2, 0.25) is 10.0 Å². The second kappa shape index (κ2) is 7.79. The van der Waals surface area contributed by atoms with Crippen molar-refractivity contribution in [2.24, 2.45) is 0 Å². The van der Waals surface area contributed by atoms with Crippen molar-refractivity contribution in [1.82, 2.24) is 14.9 Å². The maximum Gasteiger partial charge on any atom is 0.256 e. The van der Waals surface area contributed by atoms with Crippen molar-refractivity contribution in [3.63, 3.8) is 0 Å². The van der Waals surface area contributed by atoms with E-state index in [1.54, 1.807) is 18.2 Å². The van der Waals surface area contributed by atoms with E-state index in [1.165, 1.54) is 44.5 Å². The Bertz CT molecular complexity index is 1130. The molecule has 1 amide bonds. The molecule has 1 heterocycles. The van der Waals surface area contributed by atoms with Gasteiger partial charge in [0.25, 0.3) is 5.91 Å². The van der Waals surface area contributed by atoms with Crippen molar-refractivity contribution in [3.8, 4) is 17.0 Å². The molecule has 3 N–H and O–H groups in total. The largest absolute Gasteiger partial charge is 0.495 e. The third kappa shape index (κ3) is 4.02. The number of sulfonamides is 1. The zero-order valence-electron chi connectivity index (χ0n) is 15.0. The SMILES string of the molecule is CNS(=O)(=O)c1cc(C(=O)Nc2cc(-c3cccc(F)c3)[nH]n2)ccc1OC. The lowest BCUT2D eigenvalue weighted by atomic mass is 10.1. The molecule has 0 aliphatic carbocycles. The highest BCUT2D eigenvalue weighted by atomic mass is 32.2. The number of anilines is 1. The summed E-state index contributed by atoms with van der Waals surface area (Å²) in [6, 6.07) is 11.5. The van der Waals surface area contributed by atoms with Gasteiger partial charge in [-0.15, -0.1) is 0 Å². The van der Waals surface area contributed by atoms with Crippen LogP contribution in [0.3, 0.4) is 0 Å². The van der Waals surface area contributed by atoms with Crippen molar-refractivity contribution in [2.75, 3.05) is 19.5 Å². The molecule has 0 spiro atoms. The fraction of sp³-hybridized carbons (Fsp3) is 0.111. The van der Waals surface area contributed by atoms with Crippen LogP contribution in [0, 0.1) is 5.82 Å². The smallest absolute Gasteiger partial charge is 0.256 e. The summed E-state index contributed by atoms with van der Waals surface area (Å²) in [5.41, 5.74) is 1.19. The maximum absolute atomic E-state index is 13.3. The Hall–Kier alpha value is -3.24. The van der Waals surface area contributed by atoms with Crippen LogP contribution >= 0.6 is 0 Å². The Kier molecular flexibility index (Phi) is 5.43. The molecule has 0 atom stereocenters. The number of nitrogens with one attached hydrogen (secondary N) is 3. The highest BCUT2D eigenvalue weighted by Gasteiger charge is 2.20. The number of aromatic nitrogens is 2. The molecule has 0 bridgehead atoms. The van der Waals surface area contributed by atoms with E-state index in [9.17, 15) is 17.6 Å². The Morgan fingerprint density at radius 1 is 1.18 bits per heavy atom. The van der Waals surface area contributed by atoms with Crippen LogP contribution in [0.4, 0.5) is 10.2 Å². The molecule has 0 unspecified atom stereocenters. The van der Waals surface area contributed by atoms with E-state index in [2.05, 4.69) is 20.2 Å². The molecule has 0 aliphatic heterocycles. The van der Waals surface area contributed by atoms with Gasteiger partial charge in [-0.05, 0) is 37.4 Å². The third-order valence-corrected chi connectivity index (χ3v) is 5.37. The van der Waals surface area contributed by atoms with Crippen LogP contribution < -0.4 is 14.8 Å². The van der Waals surface area contributed by atoms with Crippen LogP contribution in [0.2, 0.25) is 0 Å². The molecule has 28 heavy (non-hydrogen) atoms. The molecule has 3 rings (SSSR count). The quantitative estimate of drug-likeness (QED) is 0.584. The first-order chi connectivity index (χ1) is 13.3. The van der Waals surface area contributed by atoms with Crippen LogP contribution in [-0.4, -0.2) is 38.7 Å². The average Bonchev–Trinajstić information content (AvgIpc) is 3.16. The molecular weight excluding hydrogens is 387 g/mol. The van der Waals surface area contributed by atoms with Crippen LogP contribution in [0.5, 0.6) is 5.75 Å². The summed E-state index contributed by atoms with van der Waals surface area (Å²) in [4.78, 5) is 12.3. The lowest BCUT2D eigenvalue weighted by Crippen LogP contribution is -2.20. The monoisotopic (exact) mass is 404 g/mol. The lowest BCUT2D eigenvalue weighted by molar-refractivity contribution is 0.102. The minimum Gasteiger partial charge on any atom is -0.495 e. The van der Waals surface area contributed by atoms with E-state index in [0.717, 1.165) is 0 Å². The molecule has 10 heteroatoms. The second-order valence-electron chi connectivity index (χ2n) is 5.70. The molecule has 0 fully saturated rings. The Labute approximate surface area is 160 Å². The normalized spacial score (nSPS) is 11.2. The average molecular weight is 404 g/mol. The first-order valence-corrected chi connectivity index (χ1v) is 9.56. The first kappa shape index (κ1) is 19.5. The Morgan fingerprint density at radius 3 is 2.64 bits per heavy atom. The van der Waals surface area contributed by atoms with Gasteiger partial charge in [0, 0.05) is 17.2 Å². The summed E-state index contributed by atoms with van der Waals surface area (Å²) >= 11 is 0. The third-order valence-electron chi connectivity index (χ3n) is 3.94. The Morgan fingerprint density at radius 2 is 1.96 bits per heavy atom. The van der Waals surface area contributed by atoms with Crippen LogP contribution in [-0.2, 0) is 10.0 Å². The van der Waals surface area contributed by atoms with Crippen LogP contribution in [0.25, 0.3) is 11.3 Å². The molecule has 0 aliphatic rings. The van der Waals surface area contributed by atoms with E-state index in [4.69, 9.17) is 4.74 Å². The summed E-state index contributed by atoms with van der Waals surface area (Å²) in [5, 5.41) is 9.25. The van der Waals surface area contributed by atoms with E-state index in [0.29, 0.717) is 11.3 Å². The zero-order chi connectivity index (χ0) is 20.3. The highest BCUT2D eigenvalue weighted by Crippen LogP contribution is 2.25. The van der Waals surface area contributed by atoms with Crippen molar-refractivity contribution >= 4 is 21.7 Å². The van der Waals surface area contributed by atoms with Gasteiger partial charge in [-0.1, -0.05) is 12.1 Å². The summed E-state index contributed by atoms with van der Waals surface area (Å²) in [7, 11) is -1.22. The number of benzene rings is 2. The number of hydrogen-bond acceptors (Lipinski definition) is 5. The van der Waals surface area contributed by atoms with Gasteiger partial charge >= 0.3 is 0 Å². The minimum atomic E-state index is -3.82. The van der Waals surface area contributed by atoms with Gasteiger partial charge in [0.15, 0.2) is 5.82 Å². The van der Waals surface area contributed by atoms with Crippen molar-refractivity contribution in [1.29, 1.82) is 0 Å². The molecule has 1 aromatic heterocycles. The fourth-order valence-electron chi connectivity index (χ4n) is 2.52. The van der Waals surface area contributed by atoms with E-state index in [1.807, 2.05) is 0 Å². The number of nitrogens with zero attached hydrogens (tertiary/aromatic N) is 1. The standard InChI is InChI=1S/C18H17FN4O4S/c1-20-28(25,26)16-9-12(6-7-15(16)27-2)18(24)21-17-10-14(22-23-17)11-4-3-5-13(19)8-11/h3-10,20H,1-2H3,(H2,21,22,23,24). The van der Waals surface area contributed by atoms with Crippen LogP contribution in [0.15, 0.2) is 53.4 Å². The Balaban J connectivity index is 1.85. The minimum absolute atomic E-state index is 0.102. The molecule has 8 nitrogen and oxygen atoms in total. The number of carbonyl (C=O) groups excluding carboxylic acids is 1. The zero-order valence-corrected chi connectivity index (χ0v) is 15.8. The molecule has 146 valence electrons. The van der Waals surface area contributed by atoms with E-state index in [-0.39, 0.29) is 22.0 Å². The van der Waals surface area contributed by atoms with E-state index >= 15 is 0 Å². The lowest BCUT2D eigenvalue weighted by Gasteiger charge is -2.10. The molecular formula is C18H17FN4O4S. The van der Waals surface area contributed by atoms with Gasteiger partial charge in [0.05, 0.1) is 12.8 Å². The number of ether oxygens (including phenoxy) is 1. The molecule has 3 aromatic rings. The fourth-order valence-corrected chi connectivity index (χ4v) is 3.43. The summed E-state index contributed by atoms with van der Waals surface area (Å²) < 4.78 is 44.8. The van der Waals surface area contributed by atoms with Gasteiger partial charge in [-0.3, -0.25) is 9.89 Å². The van der Waals surface area contributed by atoms with Crippen molar-refractivity contribution in [3.05, 3.63) is 59.9 Å². The highest BCUT2D eigenvalue weighted by molar-refractivity contribution is 7.89. The summed E-state index contributed by atoms with van der Waals surface area (Å²) in [5.74, 6) is -0.640. The number of aromatic amines is 1. The number of halogens is 1. The molecule has 0 radical (unpaired) electrons. The number of amides is 1. The van der Waals surface area contributed by atoms with Gasteiger partial charge in [-0.25, -0.2) is 17.5 Å². The predicted octanol–water partition coefficient (Wildman–Crippen LogP) is 2.38. The first-order valence-electron chi connectivity index (χ1n) is 8.08. The van der Waals surface area contributed by atoms with E-state index < -0.39 is 21.7 Å². The van der Waals surface area contributed by atoms with Crippen LogP contribution in [0.1, 0.15) is 10.4 Å². The number of methoxy groups -OCH3 is 1. The van der Waals surface area contributed by atoms with Gasteiger partial charge in [-0.2, -0.15) is 5.10 Å². The molecule has 0 saturated heterocycles. The van der Waals surface area contributed by atoms with Crippen molar-refractivity contribution < 1.29 is 22.3 Å². The van der Waals surface area contributed by atoms with Gasteiger partial charge < -0.3 is 10.1 Å². The number of rotatable bonds is 6. The molecule has 2 aromatic carbocycles. The number of carbonyl (C=O) groups is 1. The summed E-state index contributed by atoms with van der Waals surface area (Å²) in [6.45, 7) is 0. The second-order valence-corrected chi connectivity index (χ2v) is 7.56. The maximum atomic E-state index is 13.3. The topological polar surface area (TPSA) is 113 Å².